The van der Waals surface area contributed by atoms with Crippen LogP contribution in [-0.2, 0) is 14.2 Å². The summed E-state index contributed by atoms with van der Waals surface area (Å²) in [6.07, 6.45) is 2.08. The van der Waals surface area contributed by atoms with Gasteiger partial charge in [0.15, 0.2) is 0 Å². The Bertz CT molecular complexity index is 378. The Balaban J connectivity index is 3.01. The highest BCUT2D eigenvalue weighted by atomic mass is 16.7. The van der Waals surface area contributed by atoms with Crippen molar-refractivity contribution in [1.82, 2.24) is 9.97 Å². The highest BCUT2D eigenvalue weighted by Gasteiger charge is 2.22. The fourth-order valence-electron chi connectivity index (χ4n) is 1.40. The number of hydrogen-bond donors (Lipinski definition) is 0. The molecule has 0 fully saturated rings. The van der Waals surface area contributed by atoms with Crippen LogP contribution in [0.2, 0.25) is 0 Å². The van der Waals surface area contributed by atoms with Crippen LogP contribution in [0, 0.1) is 0 Å². The summed E-state index contributed by atoms with van der Waals surface area (Å²) in [7, 11) is 0. The van der Waals surface area contributed by atoms with Crippen molar-refractivity contribution in [1.29, 1.82) is 0 Å². The molecule has 0 N–H and O–H groups in total. The van der Waals surface area contributed by atoms with E-state index in [1.807, 2.05) is 13.8 Å². The second-order valence-electron chi connectivity index (χ2n) is 3.28. The molecule has 0 bridgehead atoms. The molecule has 0 saturated heterocycles. The van der Waals surface area contributed by atoms with Crippen LogP contribution in [0.3, 0.4) is 0 Å². The first-order chi connectivity index (χ1) is 8.74. The minimum atomic E-state index is -0.678. The summed E-state index contributed by atoms with van der Waals surface area (Å²) in [5.74, 6) is -0.475. The third kappa shape index (κ3) is 3.75. The number of esters is 1. The van der Waals surface area contributed by atoms with Crippen molar-refractivity contribution in [3.8, 4) is 0 Å². The lowest BCUT2D eigenvalue weighted by Gasteiger charge is -2.18. The SMILES string of the molecule is CCOC(=O)c1cncnc1C(OCC)OCC. The van der Waals surface area contributed by atoms with Crippen molar-refractivity contribution in [2.45, 2.75) is 27.1 Å². The van der Waals surface area contributed by atoms with Gasteiger partial charge in [0.25, 0.3) is 0 Å². The number of rotatable bonds is 7. The quantitative estimate of drug-likeness (QED) is 0.545. The van der Waals surface area contributed by atoms with Crippen LogP contribution in [0.5, 0.6) is 0 Å². The summed E-state index contributed by atoms with van der Waals surface area (Å²) in [5, 5.41) is 0. The predicted molar refractivity (Wildman–Crippen MR) is 64.0 cm³/mol. The normalized spacial score (nSPS) is 10.7. The molecule has 6 heteroatoms. The Morgan fingerprint density at radius 2 is 1.89 bits per heavy atom. The van der Waals surface area contributed by atoms with Gasteiger partial charge in [-0.3, -0.25) is 0 Å². The topological polar surface area (TPSA) is 70.5 Å². The van der Waals surface area contributed by atoms with Crippen molar-refractivity contribution in [3.63, 3.8) is 0 Å². The zero-order valence-electron chi connectivity index (χ0n) is 10.9. The minimum absolute atomic E-state index is 0.270. The van der Waals surface area contributed by atoms with E-state index in [2.05, 4.69) is 9.97 Å². The van der Waals surface area contributed by atoms with E-state index >= 15 is 0 Å². The number of hydrogen-bond acceptors (Lipinski definition) is 6. The third-order valence-corrected chi connectivity index (χ3v) is 2.10. The van der Waals surface area contributed by atoms with Crippen molar-refractivity contribution in [3.05, 3.63) is 23.8 Å². The number of nitrogens with zero attached hydrogens (tertiary/aromatic N) is 2. The van der Waals surface area contributed by atoms with Gasteiger partial charge in [-0.15, -0.1) is 0 Å². The highest BCUT2D eigenvalue weighted by Crippen LogP contribution is 2.20. The highest BCUT2D eigenvalue weighted by molar-refractivity contribution is 5.90. The van der Waals surface area contributed by atoms with Crippen LogP contribution in [0.4, 0.5) is 0 Å². The average Bonchev–Trinajstić information content (AvgIpc) is 2.39. The van der Waals surface area contributed by atoms with E-state index in [4.69, 9.17) is 14.2 Å². The number of ether oxygens (including phenoxy) is 3. The van der Waals surface area contributed by atoms with Crippen LogP contribution in [0.1, 0.15) is 43.1 Å². The molecule has 0 saturated carbocycles. The summed E-state index contributed by atoms with van der Waals surface area (Å²) in [5.41, 5.74) is 0.665. The molecule has 0 amide bonds. The summed E-state index contributed by atoms with van der Waals surface area (Å²) in [4.78, 5) is 19.7. The first kappa shape index (κ1) is 14.5. The predicted octanol–water partition coefficient (Wildman–Crippen LogP) is 1.72. The van der Waals surface area contributed by atoms with Gasteiger partial charge in [0, 0.05) is 19.4 Å². The molecule has 0 atom stereocenters. The van der Waals surface area contributed by atoms with Crippen LogP contribution in [-0.4, -0.2) is 35.8 Å². The van der Waals surface area contributed by atoms with E-state index < -0.39 is 12.3 Å². The van der Waals surface area contributed by atoms with E-state index in [0.717, 1.165) is 0 Å². The smallest absolute Gasteiger partial charge is 0.341 e. The molecule has 1 heterocycles. The van der Waals surface area contributed by atoms with E-state index in [9.17, 15) is 4.79 Å². The summed E-state index contributed by atoms with van der Waals surface area (Å²) in [6.45, 7) is 6.63. The van der Waals surface area contributed by atoms with Crippen molar-refractivity contribution in [2.75, 3.05) is 19.8 Å². The fraction of sp³-hybridized carbons (Fsp3) is 0.583. The Kier molecular flexibility index (Phi) is 6.24. The molecule has 0 aromatic carbocycles. The maximum atomic E-state index is 11.8. The molecule has 6 nitrogen and oxygen atoms in total. The summed E-state index contributed by atoms with van der Waals surface area (Å²) >= 11 is 0. The molecular weight excluding hydrogens is 236 g/mol. The first-order valence-electron chi connectivity index (χ1n) is 5.94. The van der Waals surface area contributed by atoms with E-state index in [1.54, 1.807) is 6.92 Å². The molecule has 1 aromatic heterocycles. The lowest BCUT2D eigenvalue weighted by molar-refractivity contribution is -0.143. The molecule has 1 aromatic rings. The van der Waals surface area contributed by atoms with Gasteiger partial charge >= 0.3 is 5.97 Å². The molecule has 1 rings (SSSR count). The van der Waals surface area contributed by atoms with E-state index in [1.165, 1.54) is 12.5 Å². The zero-order valence-corrected chi connectivity index (χ0v) is 10.9. The van der Waals surface area contributed by atoms with Crippen LogP contribution < -0.4 is 0 Å². The van der Waals surface area contributed by atoms with Crippen molar-refractivity contribution in [2.24, 2.45) is 0 Å². The van der Waals surface area contributed by atoms with Crippen molar-refractivity contribution < 1.29 is 19.0 Å². The van der Waals surface area contributed by atoms with Crippen molar-refractivity contribution >= 4 is 5.97 Å². The standard InChI is InChI=1S/C12H18N2O4/c1-4-16-11(15)9-7-13-8-14-10(9)12(17-5-2)18-6-3/h7-8,12H,4-6H2,1-3H3. The summed E-state index contributed by atoms with van der Waals surface area (Å²) in [6, 6.07) is 0. The third-order valence-electron chi connectivity index (χ3n) is 2.10. The molecule has 18 heavy (non-hydrogen) atoms. The monoisotopic (exact) mass is 254 g/mol. The Hall–Kier alpha value is -1.53. The molecular formula is C12H18N2O4. The van der Waals surface area contributed by atoms with Gasteiger partial charge in [0.1, 0.15) is 17.6 Å². The number of carbonyl (C=O) groups excluding carboxylic acids is 1. The fourth-order valence-corrected chi connectivity index (χ4v) is 1.40. The Morgan fingerprint density at radius 3 is 2.44 bits per heavy atom. The lowest BCUT2D eigenvalue weighted by Crippen LogP contribution is -2.17. The van der Waals surface area contributed by atoms with Gasteiger partial charge in [0.05, 0.1) is 6.61 Å². The Labute approximate surface area is 106 Å². The van der Waals surface area contributed by atoms with Gasteiger partial charge in [0.2, 0.25) is 6.29 Å². The molecule has 0 unspecified atom stereocenters. The van der Waals surface area contributed by atoms with Gasteiger partial charge in [-0.25, -0.2) is 14.8 Å². The Morgan fingerprint density at radius 1 is 1.22 bits per heavy atom. The maximum Gasteiger partial charge on any atom is 0.341 e. The molecule has 0 spiro atoms. The van der Waals surface area contributed by atoms with Crippen LogP contribution >= 0.6 is 0 Å². The van der Waals surface area contributed by atoms with E-state index in [-0.39, 0.29) is 5.56 Å². The minimum Gasteiger partial charge on any atom is -0.462 e. The average molecular weight is 254 g/mol. The van der Waals surface area contributed by atoms with Crippen LogP contribution in [0.15, 0.2) is 12.5 Å². The van der Waals surface area contributed by atoms with Gasteiger partial charge in [-0.1, -0.05) is 0 Å². The largest absolute Gasteiger partial charge is 0.462 e. The van der Waals surface area contributed by atoms with Gasteiger partial charge < -0.3 is 14.2 Å². The molecule has 0 aliphatic rings. The molecule has 0 aliphatic heterocycles. The van der Waals surface area contributed by atoms with E-state index in [0.29, 0.717) is 25.5 Å². The number of aromatic nitrogens is 2. The van der Waals surface area contributed by atoms with Crippen LogP contribution in [0.25, 0.3) is 0 Å². The number of carbonyl (C=O) groups is 1. The molecule has 0 aliphatic carbocycles. The lowest BCUT2D eigenvalue weighted by atomic mass is 10.2. The summed E-state index contributed by atoms with van der Waals surface area (Å²) < 4.78 is 15.8. The second-order valence-corrected chi connectivity index (χ2v) is 3.28. The first-order valence-corrected chi connectivity index (χ1v) is 5.94. The zero-order chi connectivity index (χ0) is 13.4. The van der Waals surface area contributed by atoms with Gasteiger partial charge in [-0.05, 0) is 20.8 Å². The van der Waals surface area contributed by atoms with Gasteiger partial charge in [-0.2, -0.15) is 0 Å². The molecule has 100 valence electrons. The molecule has 0 radical (unpaired) electrons. The maximum absolute atomic E-state index is 11.8. The second kappa shape index (κ2) is 7.73.